The first-order chi connectivity index (χ1) is 12.4. The predicted molar refractivity (Wildman–Crippen MR) is 100 cm³/mol. The number of pyridine rings is 1. The van der Waals surface area contributed by atoms with Crippen molar-refractivity contribution in [1.29, 1.82) is 0 Å². The molecule has 26 heavy (non-hydrogen) atoms. The summed E-state index contributed by atoms with van der Waals surface area (Å²) >= 11 is 13.5. The number of aromatic nitrogens is 1. The summed E-state index contributed by atoms with van der Waals surface area (Å²) in [6, 6.07) is 6.88. The van der Waals surface area contributed by atoms with E-state index in [0.29, 0.717) is 27.2 Å². The van der Waals surface area contributed by atoms with Crippen molar-refractivity contribution < 1.29 is 19.4 Å². The van der Waals surface area contributed by atoms with Gasteiger partial charge in [-0.3, -0.25) is 14.6 Å². The fourth-order valence-corrected chi connectivity index (χ4v) is 3.68. The Kier molecular flexibility index (Phi) is 5.90. The van der Waals surface area contributed by atoms with Crippen LogP contribution in [0.5, 0.6) is 5.75 Å². The van der Waals surface area contributed by atoms with Crippen molar-refractivity contribution in [3.63, 3.8) is 0 Å². The molecule has 1 aromatic heterocycles. The molecule has 1 aromatic carbocycles. The smallest absolute Gasteiger partial charge is 0.305 e. The van der Waals surface area contributed by atoms with Crippen LogP contribution in [0.1, 0.15) is 12.1 Å². The molecule has 0 unspecified atom stereocenters. The number of rotatable bonds is 6. The maximum Gasteiger partial charge on any atom is 0.305 e. The molecule has 136 valence electrons. The van der Waals surface area contributed by atoms with E-state index >= 15 is 0 Å². The highest BCUT2D eigenvalue weighted by molar-refractivity contribution is 8.00. The average molecular weight is 413 g/mol. The van der Waals surface area contributed by atoms with Gasteiger partial charge in [-0.05, 0) is 24.3 Å². The Labute approximate surface area is 164 Å². The molecule has 0 spiro atoms. The number of carboxylic acids is 1. The van der Waals surface area contributed by atoms with Crippen LogP contribution in [-0.2, 0) is 16.2 Å². The lowest BCUT2D eigenvalue weighted by atomic mass is 10.2. The first kappa shape index (κ1) is 18.8. The van der Waals surface area contributed by atoms with Gasteiger partial charge in [-0.2, -0.15) is 0 Å². The molecule has 9 heteroatoms. The molecule has 1 aliphatic rings. The van der Waals surface area contributed by atoms with Crippen LogP contribution >= 0.6 is 35.0 Å². The van der Waals surface area contributed by atoms with E-state index in [1.807, 2.05) is 0 Å². The number of ether oxygens (including phenoxy) is 1. The lowest BCUT2D eigenvalue weighted by Crippen LogP contribution is -2.37. The van der Waals surface area contributed by atoms with Crippen LogP contribution in [0.15, 0.2) is 35.4 Å². The fraction of sp³-hybridized carbons (Fsp3) is 0.235. The normalized spacial score (nSPS) is 13.5. The van der Waals surface area contributed by atoms with Gasteiger partial charge in [0.2, 0.25) is 5.91 Å². The number of benzene rings is 1. The van der Waals surface area contributed by atoms with Crippen molar-refractivity contribution in [1.82, 2.24) is 4.98 Å². The predicted octanol–water partition coefficient (Wildman–Crippen LogP) is 3.88. The SMILES string of the molecule is O=C(O)CCN1C(=O)CSc2cc(OCc3ccc(Cl)cn3)c(Cl)cc21. The van der Waals surface area contributed by atoms with Gasteiger partial charge in [0.1, 0.15) is 12.4 Å². The molecule has 2 heterocycles. The van der Waals surface area contributed by atoms with Gasteiger partial charge in [-0.25, -0.2) is 0 Å². The number of anilines is 1. The molecule has 0 atom stereocenters. The number of carbonyl (C=O) groups is 2. The molecular formula is C17H14Cl2N2O4S. The number of aliphatic carboxylic acids is 1. The Hall–Kier alpha value is -1.96. The van der Waals surface area contributed by atoms with E-state index in [4.69, 9.17) is 33.0 Å². The number of fused-ring (bicyclic) bond motifs is 1. The van der Waals surface area contributed by atoms with Gasteiger partial charge >= 0.3 is 5.97 Å². The molecule has 1 aliphatic heterocycles. The van der Waals surface area contributed by atoms with E-state index in [2.05, 4.69) is 4.98 Å². The van der Waals surface area contributed by atoms with Crippen LogP contribution in [-0.4, -0.2) is 34.3 Å². The highest BCUT2D eigenvalue weighted by Crippen LogP contribution is 2.41. The van der Waals surface area contributed by atoms with Crippen molar-refractivity contribution in [3.05, 3.63) is 46.2 Å². The lowest BCUT2D eigenvalue weighted by Gasteiger charge is -2.29. The number of hydrogen-bond acceptors (Lipinski definition) is 5. The molecule has 6 nitrogen and oxygen atoms in total. The van der Waals surface area contributed by atoms with Crippen molar-refractivity contribution >= 4 is 52.5 Å². The third-order valence-corrected chi connectivity index (χ3v) is 5.22. The molecule has 3 rings (SSSR count). The van der Waals surface area contributed by atoms with Crippen molar-refractivity contribution in [2.45, 2.75) is 17.9 Å². The molecule has 0 fully saturated rings. The maximum absolute atomic E-state index is 12.1. The highest BCUT2D eigenvalue weighted by Gasteiger charge is 2.26. The van der Waals surface area contributed by atoms with Crippen LogP contribution in [0, 0.1) is 0 Å². The van der Waals surface area contributed by atoms with Gasteiger partial charge in [0.25, 0.3) is 0 Å². The third kappa shape index (κ3) is 4.41. The number of thioether (sulfide) groups is 1. The largest absolute Gasteiger partial charge is 0.486 e. The minimum atomic E-state index is -0.959. The minimum absolute atomic E-state index is 0.104. The number of hydrogen-bond donors (Lipinski definition) is 1. The van der Waals surface area contributed by atoms with Crippen molar-refractivity contribution in [2.75, 3.05) is 17.2 Å². The summed E-state index contributed by atoms with van der Waals surface area (Å²) in [4.78, 5) is 29.4. The number of halogens is 2. The number of carbonyl (C=O) groups excluding carboxylic acids is 1. The summed E-state index contributed by atoms with van der Waals surface area (Å²) < 4.78 is 5.74. The van der Waals surface area contributed by atoms with E-state index in [0.717, 1.165) is 4.90 Å². The first-order valence-corrected chi connectivity index (χ1v) is 9.40. The highest BCUT2D eigenvalue weighted by atomic mass is 35.5. The zero-order chi connectivity index (χ0) is 18.7. The van der Waals surface area contributed by atoms with Crippen LogP contribution in [0.3, 0.4) is 0 Å². The second-order valence-corrected chi connectivity index (χ2v) is 7.35. The maximum atomic E-state index is 12.1. The van der Waals surface area contributed by atoms with Gasteiger partial charge in [-0.1, -0.05) is 23.2 Å². The van der Waals surface area contributed by atoms with Gasteiger partial charge < -0.3 is 14.7 Å². The second-order valence-electron chi connectivity index (χ2n) is 5.48. The monoisotopic (exact) mass is 412 g/mol. The summed E-state index contributed by atoms with van der Waals surface area (Å²) in [5.74, 6) is -0.382. The third-order valence-electron chi connectivity index (χ3n) is 3.67. The van der Waals surface area contributed by atoms with Gasteiger partial charge in [0.15, 0.2) is 0 Å². The average Bonchev–Trinajstić information content (AvgIpc) is 2.60. The molecule has 0 bridgehead atoms. The Balaban J connectivity index is 1.79. The summed E-state index contributed by atoms with van der Waals surface area (Å²) in [7, 11) is 0. The summed E-state index contributed by atoms with van der Waals surface area (Å²) in [5.41, 5.74) is 1.31. The zero-order valence-electron chi connectivity index (χ0n) is 13.4. The van der Waals surface area contributed by atoms with E-state index in [1.165, 1.54) is 22.9 Å². The van der Waals surface area contributed by atoms with Crippen molar-refractivity contribution in [2.24, 2.45) is 0 Å². The molecule has 2 aromatic rings. The van der Waals surface area contributed by atoms with Crippen LogP contribution in [0.4, 0.5) is 5.69 Å². The van der Waals surface area contributed by atoms with Crippen molar-refractivity contribution in [3.8, 4) is 5.75 Å². The van der Waals surface area contributed by atoms with Gasteiger partial charge in [0.05, 0.1) is 33.6 Å². The van der Waals surface area contributed by atoms with Crippen LogP contribution < -0.4 is 9.64 Å². The quantitative estimate of drug-likeness (QED) is 0.775. The topological polar surface area (TPSA) is 79.7 Å². The number of carboxylic acid groups (broad SMARTS) is 1. The Morgan fingerprint density at radius 3 is 2.85 bits per heavy atom. The fourth-order valence-electron chi connectivity index (χ4n) is 2.41. The van der Waals surface area contributed by atoms with E-state index in [9.17, 15) is 9.59 Å². The summed E-state index contributed by atoms with van der Waals surface area (Å²) in [6.07, 6.45) is 1.41. The molecule has 0 saturated carbocycles. The van der Waals surface area contributed by atoms with E-state index in [1.54, 1.807) is 24.3 Å². The molecule has 1 amide bonds. The first-order valence-electron chi connectivity index (χ1n) is 7.66. The number of amides is 1. The Morgan fingerprint density at radius 1 is 1.35 bits per heavy atom. The summed E-state index contributed by atoms with van der Waals surface area (Å²) in [5, 5.41) is 9.75. The van der Waals surface area contributed by atoms with Gasteiger partial charge in [0, 0.05) is 17.6 Å². The van der Waals surface area contributed by atoms with Gasteiger partial charge in [-0.15, -0.1) is 11.8 Å². The van der Waals surface area contributed by atoms with E-state index < -0.39 is 5.97 Å². The number of nitrogens with zero attached hydrogens (tertiary/aromatic N) is 2. The molecule has 0 aliphatic carbocycles. The molecule has 0 radical (unpaired) electrons. The minimum Gasteiger partial charge on any atom is -0.486 e. The molecule has 0 saturated heterocycles. The molecule has 1 N–H and O–H groups in total. The Bertz CT molecular complexity index is 845. The second kappa shape index (κ2) is 8.16. The standard InChI is InChI=1S/C17H14Cl2N2O4S/c18-10-1-2-11(20-7-10)8-25-14-6-15-13(5-12(14)19)21(4-3-17(23)24)16(22)9-26-15/h1-2,5-7H,3-4,8-9H2,(H,23,24). The van der Waals surface area contributed by atoms with E-state index in [-0.39, 0.29) is 31.2 Å². The molecular weight excluding hydrogens is 399 g/mol. The zero-order valence-corrected chi connectivity index (χ0v) is 15.8. The Morgan fingerprint density at radius 2 is 2.15 bits per heavy atom. The summed E-state index contributed by atoms with van der Waals surface area (Å²) in [6.45, 7) is 0.328. The van der Waals surface area contributed by atoms with Crippen LogP contribution in [0.25, 0.3) is 0 Å². The lowest BCUT2D eigenvalue weighted by molar-refractivity contribution is -0.136. The van der Waals surface area contributed by atoms with Crippen LogP contribution in [0.2, 0.25) is 10.0 Å².